The summed E-state index contributed by atoms with van der Waals surface area (Å²) in [5.74, 6) is 2.01. The molecule has 0 aliphatic heterocycles. The van der Waals surface area contributed by atoms with E-state index < -0.39 is 0 Å². The van der Waals surface area contributed by atoms with Crippen LogP contribution in [0.5, 0.6) is 0 Å². The molecule has 0 atom stereocenters. The Morgan fingerprint density at radius 3 is 2.87 bits per heavy atom. The molecule has 0 radical (unpaired) electrons. The average Bonchev–Trinajstić information content (AvgIpc) is 3.12. The van der Waals surface area contributed by atoms with E-state index in [9.17, 15) is 4.79 Å². The van der Waals surface area contributed by atoms with Gasteiger partial charge in [-0.05, 0) is 19.4 Å². The lowest BCUT2D eigenvalue weighted by molar-refractivity contribution is 0.626. The van der Waals surface area contributed by atoms with E-state index in [0.717, 1.165) is 29.5 Å². The lowest BCUT2D eigenvalue weighted by Crippen LogP contribution is -2.03. The van der Waals surface area contributed by atoms with Crippen molar-refractivity contribution in [1.82, 2.24) is 29.9 Å². The molecule has 0 spiro atoms. The van der Waals surface area contributed by atoms with E-state index in [2.05, 4.69) is 55.9 Å². The molecule has 0 bridgehead atoms. The number of aryl methyl sites for hydroxylation is 1. The van der Waals surface area contributed by atoms with Crippen molar-refractivity contribution in [3.63, 3.8) is 0 Å². The fourth-order valence-corrected chi connectivity index (χ4v) is 3.16. The van der Waals surface area contributed by atoms with Crippen LogP contribution in [0.25, 0.3) is 11.4 Å². The zero-order valence-electron chi connectivity index (χ0n) is 13.0. The lowest BCUT2D eigenvalue weighted by Gasteiger charge is -2.08. The molecule has 3 aromatic rings. The van der Waals surface area contributed by atoms with Gasteiger partial charge in [0.15, 0.2) is 11.0 Å². The third-order valence-corrected chi connectivity index (χ3v) is 4.31. The van der Waals surface area contributed by atoms with Gasteiger partial charge >= 0.3 is 5.69 Å². The van der Waals surface area contributed by atoms with Crippen molar-refractivity contribution in [3.05, 3.63) is 46.1 Å². The first kappa shape index (κ1) is 15.5. The van der Waals surface area contributed by atoms with Crippen molar-refractivity contribution in [2.24, 2.45) is 0 Å². The summed E-state index contributed by atoms with van der Waals surface area (Å²) in [6, 6.07) is 8.24. The van der Waals surface area contributed by atoms with E-state index in [-0.39, 0.29) is 5.69 Å². The molecule has 120 valence electrons. The highest BCUT2D eigenvalue weighted by Gasteiger charge is 2.14. The highest BCUT2D eigenvalue weighted by Crippen LogP contribution is 2.26. The van der Waals surface area contributed by atoms with Gasteiger partial charge in [0.05, 0.1) is 5.75 Å². The first-order valence-electron chi connectivity index (χ1n) is 7.44. The quantitative estimate of drug-likeness (QED) is 0.677. The SMILES string of the molecule is CCCn1c(SCc2n[nH]c(=O)[nH]2)nnc1-c1cccc(C)c1. The van der Waals surface area contributed by atoms with Crippen LogP contribution in [0.2, 0.25) is 0 Å². The van der Waals surface area contributed by atoms with Gasteiger partial charge in [0.2, 0.25) is 0 Å². The van der Waals surface area contributed by atoms with Crippen molar-refractivity contribution >= 4 is 11.8 Å². The smallest absolute Gasteiger partial charge is 0.302 e. The molecule has 0 aliphatic rings. The minimum atomic E-state index is -0.295. The number of nitrogens with zero attached hydrogens (tertiary/aromatic N) is 4. The number of hydrogen-bond donors (Lipinski definition) is 2. The van der Waals surface area contributed by atoms with Gasteiger partial charge in [0.1, 0.15) is 5.82 Å². The second-order valence-corrected chi connectivity index (χ2v) is 6.18. The van der Waals surface area contributed by atoms with Gasteiger partial charge in [-0.15, -0.1) is 10.2 Å². The summed E-state index contributed by atoms with van der Waals surface area (Å²) in [5.41, 5.74) is 1.96. The van der Waals surface area contributed by atoms with Gasteiger partial charge in [0, 0.05) is 12.1 Å². The lowest BCUT2D eigenvalue weighted by atomic mass is 10.1. The number of aromatic amines is 2. The second kappa shape index (κ2) is 6.82. The molecule has 7 nitrogen and oxygen atoms in total. The van der Waals surface area contributed by atoms with Gasteiger partial charge in [-0.1, -0.05) is 42.4 Å². The van der Waals surface area contributed by atoms with E-state index >= 15 is 0 Å². The highest BCUT2D eigenvalue weighted by atomic mass is 32.2. The highest BCUT2D eigenvalue weighted by molar-refractivity contribution is 7.98. The predicted octanol–water partition coefficient (Wildman–Crippen LogP) is 2.37. The molecule has 3 rings (SSSR count). The minimum absolute atomic E-state index is 0.295. The summed E-state index contributed by atoms with van der Waals surface area (Å²) in [6.45, 7) is 5.03. The molecule has 2 heterocycles. The number of H-pyrrole nitrogens is 2. The predicted molar refractivity (Wildman–Crippen MR) is 89.3 cm³/mol. The molecule has 2 aromatic heterocycles. The van der Waals surface area contributed by atoms with Crippen LogP contribution in [0.4, 0.5) is 0 Å². The summed E-state index contributed by atoms with van der Waals surface area (Å²) in [6.07, 6.45) is 0.990. The Labute approximate surface area is 137 Å². The van der Waals surface area contributed by atoms with E-state index in [4.69, 9.17) is 0 Å². The average molecular weight is 330 g/mol. The maximum Gasteiger partial charge on any atom is 0.340 e. The maximum absolute atomic E-state index is 11.1. The van der Waals surface area contributed by atoms with Gasteiger partial charge in [0.25, 0.3) is 0 Å². The van der Waals surface area contributed by atoms with Gasteiger partial charge in [-0.2, -0.15) is 5.10 Å². The number of rotatable bonds is 6. The number of hydrogen-bond acceptors (Lipinski definition) is 5. The van der Waals surface area contributed by atoms with Crippen LogP contribution in [-0.2, 0) is 12.3 Å². The van der Waals surface area contributed by atoms with Crippen LogP contribution >= 0.6 is 11.8 Å². The molecule has 0 saturated carbocycles. The summed E-state index contributed by atoms with van der Waals surface area (Å²) in [4.78, 5) is 13.7. The summed E-state index contributed by atoms with van der Waals surface area (Å²) in [7, 11) is 0. The van der Waals surface area contributed by atoms with Crippen molar-refractivity contribution < 1.29 is 0 Å². The van der Waals surface area contributed by atoms with Crippen LogP contribution < -0.4 is 5.69 Å². The van der Waals surface area contributed by atoms with E-state index in [1.54, 1.807) is 0 Å². The Balaban J connectivity index is 1.87. The van der Waals surface area contributed by atoms with E-state index in [1.165, 1.54) is 17.3 Å². The normalized spacial score (nSPS) is 11.0. The first-order chi connectivity index (χ1) is 11.2. The molecule has 0 amide bonds. The van der Waals surface area contributed by atoms with Crippen molar-refractivity contribution in [1.29, 1.82) is 0 Å². The third kappa shape index (κ3) is 3.53. The standard InChI is InChI=1S/C15H18N6OS/c1-3-7-21-13(11-6-4-5-10(2)8-11)18-20-15(21)23-9-12-16-14(22)19-17-12/h4-6,8H,3,7,9H2,1-2H3,(H2,16,17,19,22). The fourth-order valence-electron chi connectivity index (χ4n) is 2.32. The Morgan fingerprint density at radius 1 is 1.30 bits per heavy atom. The molecule has 8 heteroatoms. The Hall–Kier alpha value is -2.35. The molecule has 2 N–H and O–H groups in total. The Morgan fingerprint density at radius 2 is 2.17 bits per heavy atom. The molecule has 0 fully saturated rings. The summed E-state index contributed by atoms with van der Waals surface area (Å²) in [5, 5.41) is 15.8. The zero-order chi connectivity index (χ0) is 16.2. The van der Waals surface area contributed by atoms with Crippen molar-refractivity contribution in [2.45, 2.75) is 37.7 Å². The topological polar surface area (TPSA) is 92.2 Å². The van der Waals surface area contributed by atoms with Crippen LogP contribution in [0.1, 0.15) is 24.7 Å². The second-order valence-electron chi connectivity index (χ2n) is 5.24. The van der Waals surface area contributed by atoms with E-state index in [0.29, 0.717) is 11.6 Å². The number of nitrogens with one attached hydrogen (secondary N) is 2. The van der Waals surface area contributed by atoms with E-state index in [1.807, 2.05) is 12.1 Å². The van der Waals surface area contributed by atoms with Crippen LogP contribution in [0.15, 0.2) is 34.2 Å². The molecular weight excluding hydrogens is 312 g/mol. The number of thioether (sulfide) groups is 1. The minimum Gasteiger partial charge on any atom is -0.302 e. The monoisotopic (exact) mass is 330 g/mol. The molecule has 0 saturated heterocycles. The maximum atomic E-state index is 11.1. The molecule has 0 unspecified atom stereocenters. The van der Waals surface area contributed by atoms with Gasteiger partial charge in [-0.25, -0.2) is 9.89 Å². The molecule has 23 heavy (non-hydrogen) atoms. The largest absolute Gasteiger partial charge is 0.340 e. The van der Waals surface area contributed by atoms with Crippen molar-refractivity contribution in [2.75, 3.05) is 0 Å². The van der Waals surface area contributed by atoms with Crippen LogP contribution in [0.3, 0.4) is 0 Å². The molecule has 0 aliphatic carbocycles. The molecular formula is C15H18N6OS. The van der Waals surface area contributed by atoms with Crippen LogP contribution in [-0.4, -0.2) is 29.9 Å². The van der Waals surface area contributed by atoms with Crippen LogP contribution in [0, 0.1) is 6.92 Å². The molecule has 1 aromatic carbocycles. The Kier molecular flexibility index (Phi) is 4.61. The third-order valence-electron chi connectivity index (χ3n) is 3.33. The van der Waals surface area contributed by atoms with Gasteiger partial charge < -0.3 is 4.57 Å². The number of benzene rings is 1. The fraction of sp³-hybridized carbons (Fsp3) is 0.333. The summed E-state index contributed by atoms with van der Waals surface area (Å²) < 4.78 is 2.12. The van der Waals surface area contributed by atoms with Crippen molar-refractivity contribution in [3.8, 4) is 11.4 Å². The number of aromatic nitrogens is 6. The first-order valence-corrected chi connectivity index (χ1v) is 8.42. The summed E-state index contributed by atoms with van der Waals surface area (Å²) >= 11 is 1.51. The Bertz CT molecular complexity index is 850. The zero-order valence-corrected chi connectivity index (χ0v) is 13.9. The van der Waals surface area contributed by atoms with Gasteiger partial charge in [-0.3, -0.25) is 4.98 Å².